The lowest BCUT2D eigenvalue weighted by Crippen LogP contribution is -2.00. The van der Waals surface area contributed by atoms with Gasteiger partial charge in [-0.3, -0.25) is 0 Å². The van der Waals surface area contributed by atoms with Crippen LogP contribution in [0.2, 0.25) is 10.6 Å². The van der Waals surface area contributed by atoms with Crippen LogP contribution in [0, 0.1) is 0 Å². The molecule has 0 atom stereocenters. The van der Waals surface area contributed by atoms with Gasteiger partial charge in [0.2, 0.25) is 16.5 Å². The lowest BCUT2D eigenvalue weighted by molar-refractivity contribution is 0.412. The monoisotopic (exact) mass is 426 g/mol. The first-order valence-corrected chi connectivity index (χ1v) is 7.21. The normalized spacial score (nSPS) is 10.4. The summed E-state index contributed by atoms with van der Waals surface area (Å²) in [7, 11) is 1.58. The van der Waals surface area contributed by atoms with E-state index in [2.05, 4.69) is 52.1 Å². The van der Waals surface area contributed by atoms with E-state index >= 15 is 0 Å². The summed E-state index contributed by atoms with van der Waals surface area (Å²) in [5.41, 5.74) is 0.707. The second-order valence-corrected chi connectivity index (χ2v) is 5.67. The van der Waals surface area contributed by atoms with Crippen LogP contribution in [0.25, 0.3) is 0 Å². The van der Waals surface area contributed by atoms with Gasteiger partial charge in [-0.25, -0.2) is 0 Å². The zero-order valence-electron chi connectivity index (χ0n) is 9.42. The molecular formula is C10H6Br2Cl2N4O. The largest absolute Gasteiger partial charge is 0.495 e. The van der Waals surface area contributed by atoms with Crippen LogP contribution in [0.1, 0.15) is 0 Å². The molecule has 9 heteroatoms. The molecule has 0 amide bonds. The molecular weight excluding hydrogens is 423 g/mol. The minimum Gasteiger partial charge on any atom is -0.495 e. The van der Waals surface area contributed by atoms with Crippen LogP contribution in [-0.4, -0.2) is 22.1 Å². The molecule has 19 heavy (non-hydrogen) atoms. The summed E-state index contributed by atoms with van der Waals surface area (Å²) in [5.74, 6) is 0.909. The Hall–Kier alpha value is -0.630. The number of aromatic nitrogens is 3. The molecule has 2 aromatic rings. The van der Waals surface area contributed by atoms with Crippen molar-refractivity contribution >= 4 is 66.7 Å². The molecule has 0 unspecified atom stereocenters. The van der Waals surface area contributed by atoms with Gasteiger partial charge in [0.25, 0.3) is 0 Å². The van der Waals surface area contributed by atoms with Crippen LogP contribution in [0.3, 0.4) is 0 Å². The summed E-state index contributed by atoms with van der Waals surface area (Å²) in [4.78, 5) is 11.5. The van der Waals surface area contributed by atoms with Crippen molar-refractivity contribution in [1.29, 1.82) is 0 Å². The number of hydrogen-bond donors (Lipinski definition) is 1. The van der Waals surface area contributed by atoms with Gasteiger partial charge in [0.1, 0.15) is 5.75 Å². The van der Waals surface area contributed by atoms with Crippen molar-refractivity contribution < 1.29 is 4.74 Å². The Morgan fingerprint density at radius 3 is 2.26 bits per heavy atom. The summed E-state index contributed by atoms with van der Waals surface area (Å²) in [6.45, 7) is 0. The average Bonchev–Trinajstić information content (AvgIpc) is 2.31. The standard InChI is InChI=1S/C10H6Br2Cl2N4O/c1-19-7-3-6(4(11)2-5(7)12)15-10-17-8(13)16-9(14)18-10/h2-3H,1H3,(H,15,16,17,18). The van der Waals surface area contributed by atoms with Crippen molar-refractivity contribution in [3.63, 3.8) is 0 Å². The lowest BCUT2D eigenvalue weighted by atomic mass is 10.3. The minimum atomic E-state index is 0.0164. The van der Waals surface area contributed by atoms with Crippen molar-refractivity contribution in [3.05, 3.63) is 31.6 Å². The highest BCUT2D eigenvalue weighted by atomic mass is 79.9. The first-order chi connectivity index (χ1) is 8.99. The molecule has 1 N–H and O–H groups in total. The Kier molecular flexibility index (Phi) is 4.83. The highest BCUT2D eigenvalue weighted by Crippen LogP contribution is 2.35. The number of nitrogens with zero attached hydrogens (tertiary/aromatic N) is 3. The molecule has 5 nitrogen and oxygen atoms in total. The fourth-order valence-corrected chi connectivity index (χ4v) is 2.90. The average molecular weight is 429 g/mol. The van der Waals surface area contributed by atoms with Crippen LogP contribution in [0.15, 0.2) is 21.1 Å². The van der Waals surface area contributed by atoms with Gasteiger partial charge in [-0.15, -0.1) is 0 Å². The minimum absolute atomic E-state index is 0.0164. The molecule has 100 valence electrons. The van der Waals surface area contributed by atoms with E-state index in [9.17, 15) is 0 Å². The number of ether oxygens (including phenoxy) is 1. The molecule has 0 radical (unpaired) electrons. The van der Waals surface area contributed by atoms with Crippen molar-refractivity contribution in [3.8, 4) is 5.75 Å². The van der Waals surface area contributed by atoms with Crippen LogP contribution in [0.4, 0.5) is 11.6 Å². The summed E-state index contributed by atoms with van der Waals surface area (Å²) in [5, 5.41) is 3.01. The predicted octanol–water partition coefficient (Wildman–Crippen LogP) is 4.46. The molecule has 1 aromatic carbocycles. The smallest absolute Gasteiger partial charge is 0.232 e. The third kappa shape index (κ3) is 3.68. The maximum Gasteiger partial charge on any atom is 0.232 e. The van der Waals surface area contributed by atoms with E-state index in [4.69, 9.17) is 27.9 Å². The van der Waals surface area contributed by atoms with Crippen molar-refractivity contribution in [2.45, 2.75) is 0 Å². The number of nitrogens with one attached hydrogen (secondary N) is 1. The number of halogens is 4. The van der Waals surface area contributed by atoms with Gasteiger partial charge in [-0.1, -0.05) is 0 Å². The van der Waals surface area contributed by atoms with Gasteiger partial charge in [0, 0.05) is 10.5 Å². The third-order valence-corrected chi connectivity index (χ3v) is 3.68. The molecule has 1 aromatic heterocycles. The second-order valence-electron chi connectivity index (χ2n) is 3.29. The van der Waals surface area contributed by atoms with Gasteiger partial charge in [0.15, 0.2) is 0 Å². The Labute approximate surface area is 136 Å². The molecule has 1 heterocycles. The number of hydrogen-bond acceptors (Lipinski definition) is 5. The Morgan fingerprint density at radius 2 is 1.68 bits per heavy atom. The second kappa shape index (κ2) is 6.21. The first kappa shape index (κ1) is 14.8. The van der Waals surface area contributed by atoms with Crippen molar-refractivity contribution in [2.75, 3.05) is 12.4 Å². The number of benzene rings is 1. The quantitative estimate of drug-likeness (QED) is 0.782. The SMILES string of the molecule is COc1cc(Nc2nc(Cl)nc(Cl)n2)c(Br)cc1Br. The van der Waals surface area contributed by atoms with Gasteiger partial charge < -0.3 is 10.1 Å². The molecule has 0 fully saturated rings. The summed E-state index contributed by atoms with van der Waals surface area (Å²) < 4.78 is 6.83. The fourth-order valence-electron chi connectivity index (χ4n) is 1.28. The van der Waals surface area contributed by atoms with Gasteiger partial charge in [-0.05, 0) is 61.1 Å². The summed E-state index contributed by atoms with van der Waals surface area (Å²) in [6, 6.07) is 3.62. The lowest BCUT2D eigenvalue weighted by Gasteiger charge is -2.10. The Bertz CT molecular complexity index is 606. The number of rotatable bonds is 3. The molecule has 0 saturated heterocycles. The maximum absolute atomic E-state index is 5.71. The van der Waals surface area contributed by atoms with E-state index in [1.165, 1.54) is 0 Å². The highest BCUT2D eigenvalue weighted by molar-refractivity contribution is 9.11. The zero-order valence-corrected chi connectivity index (χ0v) is 14.1. The van der Waals surface area contributed by atoms with Gasteiger partial charge >= 0.3 is 0 Å². The highest BCUT2D eigenvalue weighted by Gasteiger charge is 2.10. The Morgan fingerprint density at radius 1 is 1.05 bits per heavy atom. The van der Waals surface area contributed by atoms with Gasteiger partial charge in [0.05, 0.1) is 17.3 Å². The van der Waals surface area contributed by atoms with Crippen LogP contribution in [0.5, 0.6) is 5.75 Å². The maximum atomic E-state index is 5.71. The molecule has 0 saturated carbocycles. The number of methoxy groups -OCH3 is 1. The molecule has 2 rings (SSSR count). The van der Waals surface area contributed by atoms with Crippen molar-refractivity contribution in [1.82, 2.24) is 15.0 Å². The van der Waals surface area contributed by atoms with Crippen LogP contribution < -0.4 is 10.1 Å². The van der Waals surface area contributed by atoms with E-state index < -0.39 is 0 Å². The van der Waals surface area contributed by atoms with E-state index in [1.807, 2.05) is 6.07 Å². The zero-order chi connectivity index (χ0) is 14.0. The number of anilines is 2. The molecule has 0 aliphatic rings. The van der Waals surface area contributed by atoms with E-state index in [1.54, 1.807) is 13.2 Å². The van der Waals surface area contributed by atoms with E-state index in [0.717, 1.165) is 8.95 Å². The van der Waals surface area contributed by atoms with E-state index in [-0.39, 0.29) is 16.5 Å². The topological polar surface area (TPSA) is 59.9 Å². The molecule has 0 aliphatic carbocycles. The summed E-state index contributed by atoms with van der Waals surface area (Å²) >= 11 is 18.2. The van der Waals surface area contributed by atoms with E-state index in [0.29, 0.717) is 11.4 Å². The van der Waals surface area contributed by atoms with Crippen molar-refractivity contribution in [2.24, 2.45) is 0 Å². The third-order valence-electron chi connectivity index (χ3n) is 2.07. The first-order valence-electron chi connectivity index (χ1n) is 4.86. The summed E-state index contributed by atoms with van der Waals surface area (Å²) in [6.07, 6.45) is 0. The Balaban J connectivity index is 2.37. The van der Waals surface area contributed by atoms with Gasteiger partial charge in [-0.2, -0.15) is 15.0 Å². The predicted molar refractivity (Wildman–Crippen MR) is 81.5 cm³/mol. The molecule has 0 spiro atoms. The fraction of sp³-hybridized carbons (Fsp3) is 0.100. The molecule has 0 aliphatic heterocycles. The van der Waals surface area contributed by atoms with Crippen LogP contribution >= 0.6 is 55.1 Å². The molecule has 0 bridgehead atoms. The van der Waals surface area contributed by atoms with Crippen LogP contribution in [-0.2, 0) is 0 Å².